The summed E-state index contributed by atoms with van der Waals surface area (Å²) < 4.78 is 9.97. The summed E-state index contributed by atoms with van der Waals surface area (Å²) in [5, 5.41) is 12.9. The topological polar surface area (TPSA) is 154 Å². The molecule has 2 aromatic carbocycles. The normalized spacial score (nSPS) is 14.1. The smallest absolute Gasteiger partial charge is 0.275 e. The zero-order valence-electron chi connectivity index (χ0n) is 19.3. The molecule has 3 amide bonds. The fourth-order valence-electron chi connectivity index (χ4n) is 4.15. The molecule has 1 fully saturated rings. The molecule has 3 heterocycles. The molecule has 11 nitrogen and oxygen atoms in total. The zero-order valence-corrected chi connectivity index (χ0v) is 20.1. The van der Waals surface area contributed by atoms with E-state index in [0.717, 1.165) is 17.8 Å². The van der Waals surface area contributed by atoms with E-state index in [1.807, 2.05) is 4.90 Å². The van der Waals surface area contributed by atoms with Crippen LogP contribution < -0.4 is 15.8 Å². The van der Waals surface area contributed by atoms with E-state index < -0.39 is 11.8 Å². The minimum atomic E-state index is -0.607. The third-order valence-corrected chi connectivity index (χ3v) is 7.13. The summed E-state index contributed by atoms with van der Waals surface area (Å²) in [6, 6.07) is 9.68. The van der Waals surface area contributed by atoms with Gasteiger partial charge in [0.05, 0.1) is 17.8 Å². The lowest BCUT2D eigenvalue weighted by Gasteiger charge is -2.31. The van der Waals surface area contributed by atoms with Gasteiger partial charge in [-0.25, -0.2) is 9.61 Å². The van der Waals surface area contributed by atoms with Crippen LogP contribution in [0.3, 0.4) is 0 Å². The SMILES string of the molecule is COc1ccc(C(N)=O)cc1NC(=O)c1csc(C2CCN(C(=O)c3ccc4nonc4c3)CC2)n1. The number of nitrogens with zero attached hydrogens (tertiary/aromatic N) is 4. The molecule has 0 atom stereocenters. The van der Waals surface area contributed by atoms with Crippen LogP contribution in [0.5, 0.6) is 5.75 Å². The number of amides is 3. The van der Waals surface area contributed by atoms with Crippen molar-refractivity contribution in [1.82, 2.24) is 20.2 Å². The first-order valence-corrected chi connectivity index (χ1v) is 12.1. The average Bonchev–Trinajstić information content (AvgIpc) is 3.58. The summed E-state index contributed by atoms with van der Waals surface area (Å²) in [6.45, 7) is 1.16. The van der Waals surface area contributed by atoms with Gasteiger partial charge >= 0.3 is 0 Å². The van der Waals surface area contributed by atoms with Crippen molar-refractivity contribution in [2.45, 2.75) is 18.8 Å². The van der Waals surface area contributed by atoms with Crippen LogP contribution in [-0.2, 0) is 0 Å². The first-order chi connectivity index (χ1) is 17.4. The molecule has 0 bridgehead atoms. The predicted molar refractivity (Wildman–Crippen MR) is 131 cm³/mol. The number of benzene rings is 2. The van der Waals surface area contributed by atoms with E-state index in [1.165, 1.54) is 30.6 Å². The van der Waals surface area contributed by atoms with Crippen molar-refractivity contribution in [2.24, 2.45) is 5.73 Å². The van der Waals surface area contributed by atoms with E-state index in [4.69, 9.17) is 15.1 Å². The van der Waals surface area contributed by atoms with Gasteiger partial charge in [0.25, 0.3) is 11.8 Å². The average molecular weight is 507 g/mol. The second-order valence-electron chi connectivity index (χ2n) is 8.34. The molecule has 0 radical (unpaired) electrons. The molecule has 36 heavy (non-hydrogen) atoms. The molecular weight excluding hydrogens is 484 g/mol. The van der Waals surface area contributed by atoms with Crippen molar-refractivity contribution in [1.29, 1.82) is 0 Å². The zero-order chi connectivity index (χ0) is 25.2. The Morgan fingerprint density at radius 2 is 1.83 bits per heavy atom. The van der Waals surface area contributed by atoms with E-state index in [9.17, 15) is 14.4 Å². The Morgan fingerprint density at radius 3 is 2.58 bits per heavy atom. The number of aromatic nitrogens is 3. The van der Waals surface area contributed by atoms with Gasteiger partial charge in [0.15, 0.2) is 0 Å². The van der Waals surface area contributed by atoms with Gasteiger partial charge in [0, 0.05) is 35.5 Å². The van der Waals surface area contributed by atoms with Gasteiger partial charge in [-0.3, -0.25) is 14.4 Å². The highest BCUT2D eigenvalue weighted by atomic mass is 32.1. The van der Waals surface area contributed by atoms with Crippen molar-refractivity contribution in [2.75, 3.05) is 25.5 Å². The molecule has 2 aromatic heterocycles. The number of rotatable bonds is 6. The molecule has 3 N–H and O–H groups in total. The largest absolute Gasteiger partial charge is 0.495 e. The third kappa shape index (κ3) is 4.62. The summed E-state index contributed by atoms with van der Waals surface area (Å²) in [5.41, 5.74) is 7.90. The number of anilines is 1. The quantitative estimate of drug-likeness (QED) is 0.404. The van der Waals surface area contributed by atoms with E-state index in [-0.39, 0.29) is 23.1 Å². The molecule has 0 aliphatic carbocycles. The lowest BCUT2D eigenvalue weighted by Crippen LogP contribution is -2.37. The van der Waals surface area contributed by atoms with Crippen LogP contribution in [0.2, 0.25) is 0 Å². The number of hydrogen-bond acceptors (Lipinski definition) is 9. The van der Waals surface area contributed by atoms with Gasteiger partial charge in [0.2, 0.25) is 5.91 Å². The molecule has 12 heteroatoms. The molecule has 0 saturated carbocycles. The van der Waals surface area contributed by atoms with Crippen molar-refractivity contribution in [3.63, 3.8) is 0 Å². The highest BCUT2D eigenvalue weighted by Gasteiger charge is 2.27. The monoisotopic (exact) mass is 506 g/mol. The molecule has 0 unspecified atom stereocenters. The number of carbonyl (C=O) groups excluding carboxylic acids is 3. The molecule has 1 aliphatic rings. The number of methoxy groups -OCH3 is 1. The second kappa shape index (κ2) is 9.74. The number of ether oxygens (including phenoxy) is 1. The Balaban J connectivity index is 1.22. The number of nitrogens with one attached hydrogen (secondary N) is 1. The fraction of sp³-hybridized carbons (Fsp3) is 0.250. The molecule has 5 rings (SSSR count). The number of nitrogens with two attached hydrogens (primary N) is 1. The van der Waals surface area contributed by atoms with Crippen LogP contribution in [-0.4, -0.2) is 58.1 Å². The predicted octanol–water partition coefficient (Wildman–Crippen LogP) is 3.06. The number of hydrogen-bond donors (Lipinski definition) is 2. The molecule has 1 saturated heterocycles. The van der Waals surface area contributed by atoms with Crippen LogP contribution >= 0.6 is 11.3 Å². The van der Waals surface area contributed by atoms with Crippen molar-refractivity contribution in [3.8, 4) is 5.75 Å². The minimum Gasteiger partial charge on any atom is -0.495 e. The maximum atomic E-state index is 12.9. The van der Waals surface area contributed by atoms with Gasteiger partial charge < -0.3 is 20.7 Å². The summed E-state index contributed by atoms with van der Waals surface area (Å²) in [6.07, 6.45) is 1.48. The second-order valence-corrected chi connectivity index (χ2v) is 9.23. The number of likely N-dealkylation sites (tertiary alicyclic amines) is 1. The Morgan fingerprint density at radius 1 is 1.08 bits per heavy atom. The van der Waals surface area contributed by atoms with Crippen LogP contribution in [0.15, 0.2) is 46.4 Å². The number of piperidine rings is 1. The highest BCUT2D eigenvalue weighted by Crippen LogP contribution is 2.32. The number of primary amides is 1. The van der Waals surface area contributed by atoms with Crippen LogP contribution in [0, 0.1) is 0 Å². The van der Waals surface area contributed by atoms with E-state index in [2.05, 4.69) is 20.6 Å². The van der Waals surface area contributed by atoms with Crippen molar-refractivity contribution < 1.29 is 23.7 Å². The molecule has 4 aromatic rings. The van der Waals surface area contributed by atoms with Crippen LogP contribution in [0.4, 0.5) is 5.69 Å². The van der Waals surface area contributed by atoms with Crippen LogP contribution in [0.1, 0.15) is 55.0 Å². The molecular formula is C24H22N6O5S. The minimum absolute atomic E-state index is 0.0651. The van der Waals surface area contributed by atoms with Gasteiger partial charge in [-0.1, -0.05) is 0 Å². The Hall–Kier alpha value is -4.32. The van der Waals surface area contributed by atoms with Gasteiger partial charge in [-0.2, -0.15) is 0 Å². The first-order valence-electron chi connectivity index (χ1n) is 11.2. The number of carbonyl (C=O) groups is 3. The Labute approximate surface area is 209 Å². The summed E-state index contributed by atoms with van der Waals surface area (Å²) in [5.74, 6) is -0.535. The number of thiazole rings is 1. The molecule has 1 aliphatic heterocycles. The van der Waals surface area contributed by atoms with Gasteiger partial charge in [-0.05, 0) is 59.6 Å². The molecule has 184 valence electrons. The maximum absolute atomic E-state index is 12.9. The standard InChI is InChI=1S/C24H22N6O5S/c1-34-20-5-3-14(21(25)31)10-18(20)26-22(32)19-12-36-23(27-19)13-6-8-30(9-7-13)24(33)15-2-4-16-17(11-15)29-35-28-16/h2-5,10-13H,6-9H2,1H3,(H2,25,31)(H,26,32). The van der Waals surface area contributed by atoms with Gasteiger partial charge in [-0.15, -0.1) is 11.3 Å². The van der Waals surface area contributed by atoms with Crippen molar-refractivity contribution in [3.05, 3.63) is 63.6 Å². The van der Waals surface area contributed by atoms with Gasteiger partial charge in [0.1, 0.15) is 22.5 Å². The summed E-state index contributed by atoms with van der Waals surface area (Å²) in [7, 11) is 1.47. The fourth-order valence-corrected chi connectivity index (χ4v) is 5.12. The third-order valence-electron chi connectivity index (χ3n) is 6.12. The highest BCUT2D eigenvalue weighted by molar-refractivity contribution is 7.10. The maximum Gasteiger partial charge on any atom is 0.275 e. The van der Waals surface area contributed by atoms with E-state index in [1.54, 1.807) is 29.6 Å². The number of fused-ring (bicyclic) bond motifs is 1. The lowest BCUT2D eigenvalue weighted by molar-refractivity contribution is 0.0713. The van der Waals surface area contributed by atoms with E-state index >= 15 is 0 Å². The molecule has 0 spiro atoms. The Kier molecular flexibility index (Phi) is 6.34. The Bertz CT molecular complexity index is 1460. The van der Waals surface area contributed by atoms with Crippen molar-refractivity contribution >= 4 is 45.8 Å². The first kappa shape index (κ1) is 23.4. The van der Waals surface area contributed by atoms with Crippen LogP contribution in [0.25, 0.3) is 11.0 Å². The lowest BCUT2D eigenvalue weighted by atomic mass is 9.97. The van der Waals surface area contributed by atoms with E-state index in [0.29, 0.717) is 41.1 Å². The summed E-state index contributed by atoms with van der Waals surface area (Å²) in [4.78, 5) is 43.6. The summed E-state index contributed by atoms with van der Waals surface area (Å²) >= 11 is 1.41.